The first-order valence-electron chi connectivity index (χ1n) is 7.29. The van der Waals surface area contributed by atoms with Gasteiger partial charge in [-0.3, -0.25) is 14.4 Å². The van der Waals surface area contributed by atoms with Gasteiger partial charge < -0.3 is 14.2 Å². The van der Waals surface area contributed by atoms with E-state index in [0.717, 1.165) is 0 Å². The lowest BCUT2D eigenvalue weighted by molar-refractivity contribution is -0.149. The van der Waals surface area contributed by atoms with Crippen LogP contribution in [0.3, 0.4) is 0 Å². The molecule has 0 aliphatic carbocycles. The van der Waals surface area contributed by atoms with Crippen LogP contribution < -0.4 is 0 Å². The summed E-state index contributed by atoms with van der Waals surface area (Å²) in [5.74, 6) is -0.435. The van der Waals surface area contributed by atoms with Gasteiger partial charge in [-0.1, -0.05) is 20.8 Å². The molecule has 6 heteroatoms. The van der Waals surface area contributed by atoms with Gasteiger partial charge in [-0.15, -0.1) is 0 Å². The lowest BCUT2D eigenvalue weighted by Gasteiger charge is -2.13. The van der Waals surface area contributed by atoms with Crippen molar-refractivity contribution in [2.75, 3.05) is 20.8 Å². The highest BCUT2D eigenvalue weighted by Crippen LogP contribution is 2.13. The summed E-state index contributed by atoms with van der Waals surface area (Å²) in [6.07, 6.45) is 0.469. The molecule has 0 fully saturated rings. The number of carbonyl (C=O) groups excluding carboxylic acids is 3. The Kier molecular flexibility index (Phi) is 16.5. The summed E-state index contributed by atoms with van der Waals surface area (Å²) >= 11 is 0. The lowest BCUT2D eigenvalue weighted by atomic mass is 9.98. The Labute approximate surface area is 134 Å². The van der Waals surface area contributed by atoms with Crippen molar-refractivity contribution in [3.8, 4) is 0 Å². The minimum absolute atomic E-state index is 0.00921. The quantitative estimate of drug-likeness (QED) is 0.587. The molecule has 0 bridgehead atoms. The summed E-state index contributed by atoms with van der Waals surface area (Å²) in [5.41, 5.74) is -0.352. The normalized spacial score (nSPS) is 9.55. The third kappa shape index (κ3) is 18.4. The van der Waals surface area contributed by atoms with Crippen molar-refractivity contribution in [2.24, 2.45) is 11.3 Å². The van der Waals surface area contributed by atoms with Crippen molar-refractivity contribution in [2.45, 2.75) is 54.9 Å². The van der Waals surface area contributed by atoms with E-state index in [2.05, 4.69) is 14.2 Å². The van der Waals surface area contributed by atoms with Crippen LogP contribution in [0.15, 0.2) is 0 Å². The molecule has 0 amide bonds. The molecule has 132 valence electrons. The van der Waals surface area contributed by atoms with Crippen LogP contribution in [-0.2, 0) is 28.6 Å². The molecule has 0 aliphatic heterocycles. The van der Waals surface area contributed by atoms with E-state index in [1.165, 1.54) is 14.2 Å². The molecule has 22 heavy (non-hydrogen) atoms. The third-order valence-electron chi connectivity index (χ3n) is 2.07. The molecule has 0 heterocycles. The number of carbonyl (C=O) groups is 3. The second-order valence-electron chi connectivity index (χ2n) is 5.58. The van der Waals surface area contributed by atoms with Crippen LogP contribution in [0.5, 0.6) is 0 Å². The average Bonchev–Trinajstić information content (AvgIpc) is 2.45. The maximum Gasteiger partial charge on any atom is 0.310 e. The molecule has 0 atom stereocenters. The molecular formula is C16H32O6. The topological polar surface area (TPSA) is 78.9 Å². The molecule has 0 spiro atoms. The first-order chi connectivity index (χ1) is 9.97. The van der Waals surface area contributed by atoms with Gasteiger partial charge in [-0.25, -0.2) is 0 Å². The van der Waals surface area contributed by atoms with E-state index in [-0.39, 0.29) is 29.2 Å². The van der Waals surface area contributed by atoms with Crippen molar-refractivity contribution in [3.63, 3.8) is 0 Å². The van der Waals surface area contributed by atoms with Crippen molar-refractivity contribution in [1.82, 2.24) is 0 Å². The van der Waals surface area contributed by atoms with E-state index < -0.39 is 0 Å². The molecule has 0 saturated heterocycles. The van der Waals surface area contributed by atoms with Gasteiger partial charge in [0.15, 0.2) is 0 Å². The molecular weight excluding hydrogens is 288 g/mol. The Hall–Kier alpha value is -1.59. The summed E-state index contributed by atoms with van der Waals surface area (Å²) in [6.45, 7) is 13.1. The highest BCUT2D eigenvalue weighted by atomic mass is 16.5. The van der Waals surface area contributed by atoms with Crippen molar-refractivity contribution in [3.05, 3.63) is 0 Å². The zero-order chi connectivity index (χ0) is 18.3. The predicted octanol–water partition coefficient (Wildman–Crippen LogP) is 2.98. The van der Waals surface area contributed by atoms with E-state index in [1.807, 2.05) is 34.6 Å². The lowest BCUT2D eigenvalue weighted by Crippen LogP contribution is -2.21. The van der Waals surface area contributed by atoms with Crippen molar-refractivity contribution >= 4 is 17.9 Å². The highest BCUT2D eigenvalue weighted by molar-refractivity contribution is 5.75. The van der Waals surface area contributed by atoms with Gasteiger partial charge in [-0.05, 0) is 27.7 Å². The summed E-state index contributed by atoms with van der Waals surface area (Å²) in [6, 6.07) is 0. The fraction of sp³-hybridized carbons (Fsp3) is 0.812. The zero-order valence-electron chi connectivity index (χ0n) is 15.4. The summed E-state index contributed by atoms with van der Waals surface area (Å²) in [7, 11) is 2.78. The van der Waals surface area contributed by atoms with E-state index in [4.69, 9.17) is 0 Å². The van der Waals surface area contributed by atoms with Crippen LogP contribution in [0.4, 0.5) is 0 Å². The minimum atomic E-state index is -0.352. The number of hydrogen-bond donors (Lipinski definition) is 0. The van der Waals surface area contributed by atoms with Gasteiger partial charge in [-0.2, -0.15) is 0 Å². The second-order valence-corrected chi connectivity index (χ2v) is 5.58. The van der Waals surface area contributed by atoms with Crippen LogP contribution in [0.2, 0.25) is 0 Å². The minimum Gasteiger partial charge on any atom is -0.469 e. The number of esters is 3. The largest absolute Gasteiger partial charge is 0.469 e. The van der Waals surface area contributed by atoms with E-state index in [9.17, 15) is 14.4 Å². The number of methoxy groups -OCH3 is 2. The third-order valence-corrected chi connectivity index (χ3v) is 2.07. The highest BCUT2D eigenvalue weighted by Gasteiger charge is 2.21. The number of hydrogen-bond acceptors (Lipinski definition) is 6. The van der Waals surface area contributed by atoms with Gasteiger partial charge in [0.2, 0.25) is 0 Å². The molecule has 0 rings (SSSR count). The maximum absolute atomic E-state index is 10.6. The van der Waals surface area contributed by atoms with Crippen molar-refractivity contribution < 1.29 is 28.6 Å². The maximum atomic E-state index is 10.6. The average molecular weight is 320 g/mol. The molecule has 0 aromatic carbocycles. The fourth-order valence-corrected chi connectivity index (χ4v) is 0.759. The first kappa shape index (κ1) is 25.4. The van der Waals surface area contributed by atoms with Crippen LogP contribution in [-0.4, -0.2) is 38.7 Å². The number of rotatable bonds is 3. The second kappa shape index (κ2) is 14.4. The van der Waals surface area contributed by atoms with E-state index >= 15 is 0 Å². The molecule has 0 saturated carbocycles. The summed E-state index contributed by atoms with van der Waals surface area (Å²) in [5, 5.41) is 0. The van der Waals surface area contributed by atoms with Crippen LogP contribution in [0.1, 0.15) is 54.9 Å². The Balaban J connectivity index is -0.000000249. The molecule has 0 unspecified atom stereocenters. The van der Waals surface area contributed by atoms with E-state index in [0.29, 0.717) is 13.0 Å². The van der Waals surface area contributed by atoms with Crippen LogP contribution >= 0.6 is 0 Å². The Morgan fingerprint density at radius 2 is 1.41 bits per heavy atom. The van der Waals surface area contributed by atoms with Gasteiger partial charge in [0.25, 0.3) is 0 Å². The van der Waals surface area contributed by atoms with Crippen LogP contribution in [0.25, 0.3) is 0 Å². The van der Waals surface area contributed by atoms with Gasteiger partial charge in [0.1, 0.15) is 0 Å². The summed E-state index contributed by atoms with van der Waals surface area (Å²) in [4.78, 5) is 31.1. The molecule has 0 N–H and O–H groups in total. The molecule has 0 aliphatic rings. The van der Waals surface area contributed by atoms with Gasteiger partial charge >= 0.3 is 17.9 Å². The molecule has 6 nitrogen and oxygen atoms in total. The van der Waals surface area contributed by atoms with Crippen LogP contribution in [0, 0.1) is 11.3 Å². The smallest absolute Gasteiger partial charge is 0.310 e. The monoisotopic (exact) mass is 320 g/mol. The van der Waals surface area contributed by atoms with E-state index in [1.54, 1.807) is 13.8 Å². The molecule has 0 aromatic heterocycles. The SMILES string of the molecule is CCC(=O)OC.CCOC(=O)C(C)C.COC(=O)C(C)(C)C. The van der Waals surface area contributed by atoms with Crippen molar-refractivity contribution in [1.29, 1.82) is 0 Å². The number of ether oxygens (including phenoxy) is 3. The first-order valence-corrected chi connectivity index (χ1v) is 7.29. The summed E-state index contributed by atoms with van der Waals surface area (Å²) < 4.78 is 13.4. The van der Waals surface area contributed by atoms with Gasteiger partial charge in [0, 0.05) is 6.42 Å². The Morgan fingerprint density at radius 3 is 1.45 bits per heavy atom. The fourth-order valence-electron chi connectivity index (χ4n) is 0.759. The predicted molar refractivity (Wildman–Crippen MR) is 85.2 cm³/mol. The molecule has 0 radical (unpaired) electrons. The zero-order valence-corrected chi connectivity index (χ0v) is 15.4. The Morgan fingerprint density at radius 1 is 0.955 bits per heavy atom. The molecule has 0 aromatic rings. The Bertz CT molecular complexity index is 309. The standard InChI is InChI=1S/2C6H12O2.C4H8O2/c1-6(2,3)5(7)8-4;1-4-8-6(7)5(2)3;1-3-4(5)6-2/h1-4H3;5H,4H2,1-3H3;3H2,1-2H3. The van der Waals surface area contributed by atoms with Gasteiger partial charge in [0.05, 0.1) is 32.2 Å².